The van der Waals surface area contributed by atoms with Crippen molar-refractivity contribution in [2.75, 3.05) is 13.2 Å². The molecule has 0 spiro atoms. The fourth-order valence-corrected chi connectivity index (χ4v) is 2.16. The van der Waals surface area contributed by atoms with Gasteiger partial charge in [-0.1, -0.05) is 19.9 Å². The van der Waals surface area contributed by atoms with E-state index in [2.05, 4.69) is 48.9 Å². The Morgan fingerprint density at radius 2 is 2.05 bits per heavy atom. The summed E-state index contributed by atoms with van der Waals surface area (Å²) in [5.74, 6) is 0.710. The van der Waals surface area contributed by atoms with Gasteiger partial charge in [-0.3, -0.25) is 0 Å². The summed E-state index contributed by atoms with van der Waals surface area (Å²) in [5, 5.41) is 1.25. The molecule has 0 aliphatic carbocycles. The molecule has 0 saturated carbocycles. The van der Waals surface area contributed by atoms with E-state index in [0.717, 1.165) is 26.2 Å². The predicted octanol–water partition coefficient (Wildman–Crippen LogP) is 3.16. The molecule has 3 heteroatoms. The molecule has 3 nitrogen and oxygen atoms in total. The SMILES string of the molecule is CC(C)CCOCCn1ccc2cc(CN)ccc21. The number of fused-ring (bicyclic) bond motifs is 1. The number of aromatic nitrogens is 1. The summed E-state index contributed by atoms with van der Waals surface area (Å²) >= 11 is 0. The van der Waals surface area contributed by atoms with Crippen LogP contribution in [0.2, 0.25) is 0 Å². The molecule has 0 atom stereocenters. The summed E-state index contributed by atoms with van der Waals surface area (Å²) < 4.78 is 7.91. The summed E-state index contributed by atoms with van der Waals surface area (Å²) in [5.41, 5.74) is 8.09. The lowest BCUT2D eigenvalue weighted by Crippen LogP contribution is -2.07. The van der Waals surface area contributed by atoms with Crippen molar-refractivity contribution in [1.82, 2.24) is 4.57 Å². The molecular weight excluding hydrogens is 236 g/mol. The molecule has 0 aliphatic rings. The Kier molecular flexibility index (Phi) is 5.00. The van der Waals surface area contributed by atoms with E-state index in [1.165, 1.54) is 16.5 Å². The van der Waals surface area contributed by atoms with Gasteiger partial charge in [0.25, 0.3) is 0 Å². The predicted molar refractivity (Wildman–Crippen MR) is 80.1 cm³/mol. The van der Waals surface area contributed by atoms with E-state index in [4.69, 9.17) is 10.5 Å². The highest BCUT2D eigenvalue weighted by atomic mass is 16.5. The average molecular weight is 260 g/mol. The van der Waals surface area contributed by atoms with Crippen LogP contribution in [0, 0.1) is 5.92 Å². The van der Waals surface area contributed by atoms with Crippen LogP contribution < -0.4 is 5.73 Å². The largest absolute Gasteiger partial charge is 0.380 e. The van der Waals surface area contributed by atoms with E-state index in [0.29, 0.717) is 12.5 Å². The van der Waals surface area contributed by atoms with E-state index >= 15 is 0 Å². The molecule has 2 N–H and O–H groups in total. The topological polar surface area (TPSA) is 40.2 Å². The zero-order valence-electron chi connectivity index (χ0n) is 11.9. The van der Waals surface area contributed by atoms with Gasteiger partial charge < -0.3 is 15.0 Å². The maximum atomic E-state index is 5.67. The van der Waals surface area contributed by atoms with Crippen LogP contribution in [0.4, 0.5) is 0 Å². The Morgan fingerprint density at radius 1 is 1.21 bits per heavy atom. The second-order valence-corrected chi connectivity index (χ2v) is 5.40. The van der Waals surface area contributed by atoms with Crippen molar-refractivity contribution in [2.45, 2.75) is 33.4 Å². The van der Waals surface area contributed by atoms with Gasteiger partial charge in [-0.05, 0) is 41.5 Å². The van der Waals surface area contributed by atoms with E-state index in [1.54, 1.807) is 0 Å². The number of benzene rings is 1. The second kappa shape index (κ2) is 6.73. The summed E-state index contributed by atoms with van der Waals surface area (Å²) in [4.78, 5) is 0. The number of ether oxygens (including phenoxy) is 1. The smallest absolute Gasteiger partial charge is 0.0645 e. The Balaban J connectivity index is 1.90. The van der Waals surface area contributed by atoms with Crippen LogP contribution in [0.25, 0.3) is 10.9 Å². The van der Waals surface area contributed by atoms with Crippen molar-refractivity contribution in [2.24, 2.45) is 11.7 Å². The third-order valence-corrected chi connectivity index (χ3v) is 3.39. The summed E-state index contributed by atoms with van der Waals surface area (Å²) in [6.45, 7) is 7.57. The summed E-state index contributed by atoms with van der Waals surface area (Å²) in [6, 6.07) is 8.54. The number of hydrogen-bond donors (Lipinski definition) is 1. The van der Waals surface area contributed by atoms with Crippen molar-refractivity contribution >= 4 is 10.9 Å². The standard InChI is InChI=1S/C16H24N2O/c1-13(2)6-9-19-10-8-18-7-5-15-11-14(12-17)3-4-16(15)18/h3-5,7,11,13H,6,8-10,12,17H2,1-2H3. The third kappa shape index (κ3) is 3.82. The van der Waals surface area contributed by atoms with Crippen LogP contribution >= 0.6 is 0 Å². The minimum Gasteiger partial charge on any atom is -0.380 e. The van der Waals surface area contributed by atoms with Crippen LogP contribution in [-0.2, 0) is 17.8 Å². The molecule has 0 saturated heterocycles. The number of nitrogens with two attached hydrogens (primary N) is 1. The van der Waals surface area contributed by atoms with Crippen molar-refractivity contribution in [3.63, 3.8) is 0 Å². The van der Waals surface area contributed by atoms with E-state index in [1.807, 2.05) is 0 Å². The lowest BCUT2D eigenvalue weighted by molar-refractivity contribution is 0.117. The molecule has 1 aromatic heterocycles. The normalized spacial score (nSPS) is 11.6. The average Bonchev–Trinajstić information content (AvgIpc) is 2.80. The van der Waals surface area contributed by atoms with Gasteiger partial charge >= 0.3 is 0 Å². The maximum absolute atomic E-state index is 5.67. The quantitative estimate of drug-likeness (QED) is 0.777. The number of rotatable bonds is 7. The fraction of sp³-hybridized carbons (Fsp3) is 0.500. The molecule has 0 fully saturated rings. The van der Waals surface area contributed by atoms with Gasteiger partial charge in [-0.15, -0.1) is 0 Å². The van der Waals surface area contributed by atoms with Gasteiger partial charge in [-0.2, -0.15) is 0 Å². The molecule has 2 aromatic rings. The highest BCUT2D eigenvalue weighted by Crippen LogP contribution is 2.17. The molecule has 0 unspecified atom stereocenters. The lowest BCUT2D eigenvalue weighted by Gasteiger charge is -2.08. The highest BCUT2D eigenvalue weighted by molar-refractivity contribution is 5.80. The van der Waals surface area contributed by atoms with E-state index < -0.39 is 0 Å². The molecule has 1 aromatic carbocycles. The zero-order valence-corrected chi connectivity index (χ0v) is 11.9. The first-order valence-electron chi connectivity index (χ1n) is 7.06. The van der Waals surface area contributed by atoms with Crippen LogP contribution in [-0.4, -0.2) is 17.8 Å². The second-order valence-electron chi connectivity index (χ2n) is 5.40. The molecule has 1 heterocycles. The Bertz CT molecular complexity index is 516. The van der Waals surface area contributed by atoms with Crippen molar-refractivity contribution in [3.8, 4) is 0 Å². The molecule has 0 amide bonds. The van der Waals surface area contributed by atoms with Crippen molar-refractivity contribution in [1.29, 1.82) is 0 Å². The Morgan fingerprint density at radius 3 is 2.79 bits per heavy atom. The van der Waals surface area contributed by atoms with Gasteiger partial charge in [0.05, 0.1) is 6.61 Å². The molecule has 104 valence electrons. The molecule has 0 aliphatic heterocycles. The summed E-state index contributed by atoms with van der Waals surface area (Å²) in [7, 11) is 0. The number of hydrogen-bond acceptors (Lipinski definition) is 2. The zero-order chi connectivity index (χ0) is 13.7. The minimum absolute atomic E-state index is 0.597. The number of nitrogens with zero attached hydrogens (tertiary/aromatic N) is 1. The summed E-state index contributed by atoms with van der Waals surface area (Å²) in [6.07, 6.45) is 3.25. The van der Waals surface area contributed by atoms with Gasteiger partial charge in [0.1, 0.15) is 0 Å². The van der Waals surface area contributed by atoms with Gasteiger partial charge in [0.2, 0.25) is 0 Å². The van der Waals surface area contributed by atoms with Crippen LogP contribution in [0.5, 0.6) is 0 Å². The molecule has 2 rings (SSSR count). The Labute approximate surface area is 115 Å². The van der Waals surface area contributed by atoms with Crippen LogP contribution in [0.3, 0.4) is 0 Å². The maximum Gasteiger partial charge on any atom is 0.0645 e. The fourth-order valence-electron chi connectivity index (χ4n) is 2.16. The molecular formula is C16H24N2O. The van der Waals surface area contributed by atoms with Gasteiger partial charge in [-0.25, -0.2) is 0 Å². The monoisotopic (exact) mass is 260 g/mol. The molecule has 0 radical (unpaired) electrons. The van der Waals surface area contributed by atoms with Crippen molar-refractivity contribution in [3.05, 3.63) is 36.0 Å². The van der Waals surface area contributed by atoms with Crippen molar-refractivity contribution < 1.29 is 4.74 Å². The van der Waals surface area contributed by atoms with Crippen LogP contribution in [0.1, 0.15) is 25.8 Å². The third-order valence-electron chi connectivity index (χ3n) is 3.39. The highest BCUT2D eigenvalue weighted by Gasteiger charge is 2.02. The molecule has 19 heavy (non-hydrogen) atoms. The van der Waals surface area contributed by atoms with Gasteiger partial charge in [0, 0.05) is 31.4 Å². The van der Waals surface area contributed by atoms with E-state index in [-0.39, 0.29) is 0 Å². The first-order chi connectivity index (χ1) is 9.20. The lowest BCUT2D eigenvalue weighted by atomic mass is 10.1. The minimum atomic E-state index is 0.597. The Hall–Kier alpha value is -1.32. The molecule has 0 bridgehead atoms. The van der Waals surface area contributed by atoms with Gasteiger partial charge in [0.15, 0.2) is 0 Å². The first kappa shape index (κ1) is 14.1. The van der Waals surface area contributed by atoms with E-state index in [9.17, 15) is 0 Å². The first-order valence-corrected chi connectivity index (χ1v) is 7.06. The van der Waals surface area contributed by atoms with Crippen LogP contribution in [0.15, 0.2) is 30.5 Å².